The number of nitrogens with one attached hydrogen (secondary N) is 2. The fourth-order valence-corrected chi connectivity index (χ4v) is 4.28. The number of benzene rings is 3. The van der Waals surface area contributed by atoms with E-state index in [4.69, 9.17) is 0 Å². The molecule has 1 fully saturated rings. The Morgan fingerprint density at radius 2 is 1.71 bits per heavy atom. The lowest BCUT2D eigenvalue weighted by Gasteiger charge is -2.29. The Morgan fingerprint density at radius 1 is 0.968 bits per heavy atom. The van der Waals surface area contributed by atoms with Crippen LogP contribution in [0.15, 0.2) is 60.7 Å². The molecule has 3 aromatic carbocycles. The summed E-state index contributed by atoms with van der Waals surface area (Å²) >= 11 is 0. The molecular weight excluding hydrogens is 398 g/mol. The minimum absolute atomic E-state index is 0.00330. The summed E-state index contributed by atoms with van der Waals surface area (Å²) in [7, 11) is 0. The second-order valence-electron chi connectivity index (χ2n) is 8.24. The number of halogens is 2. The quantitative estimate of drug-likeness (QED) is 0.593. The van der Waals surface area contributed by atoms with Crippen LogP contribution in [0.5, 0.6) is 0 Å². The maximum absolute atomic E-state index is 13.3. The number of hydrogen-bond donors (Lipinski definition) is 2. The standard InChI is InChI=1S/C25H24F2N2O2/c26-21-12-18(13-22(27)14-21)16-28-23(30)7-9-25(10-8-24(31)29-25)15-17-5-6-19-3-1-2-4-20(19)11-17/h1-6,11-14H,7-10,15-16H2,(H,28,30)(H,29,31)/t25-/m1/s1. The first-order chi connectivity index (χ1) is 14.9. The molecule has 0 radical (unpaired) electrons. The van der Waals surface area contributed by atoms with Gasteiger partial charge in [0.15, 0.2) is 0 Å². The molecule has 1 aliphatic heterocycles. The van der Waals surface area contributed by atoms with E-state index in [1.807, 2.05) is 12.1 Å². The first-order valence-corrected chi connectivity index (χ1v) is 10.4. The average molecular weight is 422 g/mol. The largest absolute Gasteiger partial charge is 0.352 e. The zero-order valence-corrected chi connectivity index (χ0v) is 17.1. The van der Waals surface area contributed by atoms with Crippen molar-refractivity contribution >= 4 is 22.6 Å². The lowest BCUT2D eigenvalue weighted by molar-refractivity contribution is -0.122. The molecule has 1 saturated heterocycles. The van der Waals surface area contributed by atoms with Crippen LogP contribution in [0, 0.1) is 11.6 Å². The van der Waals surface area contributed by atoms with Crippen molar-refractivity contribution in [2.45, 2.75) is 44.2 Å². The smallest absolute Gasteiger partial charge is 0.220 e. The molecule has 3 aromatic rings. The number of carbonyl (C=O) groups excluding carboxylic acids is 2. The van der Waals surface area contributed by atoms with E-state index in [1.165, 1.54) is 12.1 Å². The minimum Gasteiger partial charge on any atom is -0.352 e. The van der Waals surface area contributed by atoms with Crippen molar-refractivity contribution in [3.05, 3.63) is 83.4 Å². The van der Waals surface area contributed by atoms with Crippen molar-refractivity contribution in [3.8, 4) is 0 Å². The van der Waals surface area contributed by atoms with Crippen LogP contribution in [0.1, 0.15) is 36.8 Å². The van der Waals surface area contributed by atoms with Gasteiger partial charge in [-0.25, -0.2) is 8.78 Å². The Balaban J connectivity index is 1.40. The maximum Gasteiger partial charge on any atom is 0.220 e. The topological polar surface area (TPSA) is 58.2 Å². The summed E-state index contributed by atoms with van der Waals surface area (Å²) in [5.74, 6) is -1.57. The van der Waals surface area contributed by atoms with E-state index in [-0.39, 0.29) is 24.8 Å². The molecule has 1 atom stereocenters. The summed E-state index contributed by atoms with van der Waals surface area (Å²) in [6, 6.07) is 17.6. The van der Waals surface area contributed by atoms with Gasteiger partial charge in [0.1, 0.15) is 11.6 Å². The Bertz CT molecular complexity index is 1110. The Kier molecular flexibility index (Phi) is 5.98. The summed E-state index contributed by atoms with van der Waals surface area (Å²) < 4.78 is 26.6. The van der Waals surface area contributed by atoms with Crippen LogP contribution in [0.25, 0.3) is 10.8 Å². The van der Waals surface area contributed by atoms with Crippen molar-refractivity contribution in [2.24, 2.45) is 0 Å². The molecule has 0 spiro atoms. The lowest BCUT2D eigenvalue weighted by Crippen LogP contribution is -2.44. The van der Waals surface area contributed by atoms with Gasteiger partial charge in [0.2, 0.25) is 11.8 Å². The first-order valence-electron chi connectivity index (χ1n) is 10.4. The van der Waals surface area contributed by atoms with Gasteiger partial charge in [0.05, 0.1) is 0 Å². The predicted octanol–water partition coefficient (Wildman–Crippen LogP) is 4.41. The number of carbonyl (C=O) groups is 2. The van der Waals surface area contributed by atoms with E-state index in [0.717, 1.165) is 22.4 Å². The van der Waals surface area contributed by atoms with E-state index < -0.39 is 17.2 Å². The van der Waals surface area contributed by atoms with Crippen molar-refractivity contribution in [2.75, 3.05) is 0 Å². The third-order valence-corrected chi connectivity index (χ3v) is 5.83. The lowest BCUT2D eigenvalue weighted by atomic mass is 9.84. The zero-order valence-electron chi connectivity index (χ0n) is 17.1. The highest BCUT2D eigenvalue weighted by Crippen LogP contribution is 2.30. The molecule has 0 bridgehead atoms. The molecule has 4 nitrogen and oxygen atoms in total. The number of rotatable bonds is 7. The highest BCUT2D eigenvalue weighted by atomic mass is 19.1. The van der Waals surface area contributed by atoms with Crippen molar-refractivity contribution < 1.29 is 18.4 Å². The number of hydrogen-bond acceptors (Lipinski definition) is 2. The van der Waals surface area contributed by atoms with Gasteiger partial charge in [-0.15, -0.1) is 0 Å². The number of fused-ring (bicyclic) bond motifs is 1. The maximum atomic E-state index is 13.3. The summed E-state index contributed by atoms with van der Waals surface area (Å²) in [6.45, 7) is 0.0531. The third kappa shape index (κ3) is 5.26. The molecule has 1 heterocycles. The van der Waals surface area contributed by atoms with Gasteiger partial charge in [0.25, 0.3) is 0 Å². The third-order valence-electron chi connectivity index (χ3n) is 5.83. The van der Waals surface area contributed by atoms with Gasteiger partial charge >= 0.3 is 0 Å². The first kappa shape index (κ1) is 21.0. The predicted molar refractivity (Wildman–Crippen MR) is 115 cm³/mol. The molecule has 0 aliphatic carbocycles. The Labute approximate surface area is 179 Å². The minimum atomic E-state index is -0.674. The van der Waals surface area contributed by atoms with Crippen molar-refractivity contribution in [3.63, 3.8) is 0 Å². The molecule has 2 amide bonds. The van der Waals surface area contributed by atoms with Gasteiger partial charge in [-0.1, -0.05) is 42.5 Å². The van der Waals surface area contributed by atoms with E-state index in [2.05, 4.69) is 41.0 Å². The summed E-state index contributed by atoms with van der Waals surface area (Å²) in [6.07, 6.45) is 2.46. The normalized spacial score (nSPS) is 18.2. The van der Waals surface area contributed by atoms with Gasteiger partial charge in [-0.2, -0.15) is 0 Å². The second kappa shape index (κ2) is 8.84. The summed E-state index contributed by atoms with van der Waals surface area (Å²) in [4.78, 5) is 24.4. The second-order valence-corrected chi connectivity index (χ2v) is 8.24. The molecule has 160 valence electrons. The van der Waals surface area contributed by atoms with Crippen LogP contribution in [0.4, 0.5) is 8.78 Å². The van der Waals surface area contributed by atoms with Crippen LogP contribution in [0.3, 0.4) is 0 Å². The van der Waals surface area contributed by atoms with E-state index in [9.17, 15) is 18.4 Å². The SMILES string of the molecule is O=C(CC[C@]1(Cc2ccc3ccccc3c2)CCC(=O)N1)NCc1cc(F)cc(F)c1. The van der Waals surface area contributed by atoms with Crippen LogP contribution in [-0.2, 0) is 22.6 Å². The van der Waals surface area contributed by atoms with Crippen molar-refractivity contribution in [1.29, 1.82) is 0 Å². The summed E-state index contributed by atoms with van der Waals surface area (Å²) in [5, 5.41) is 8.09. The zero-order chi connectivity index (χ0) is 21.8. The van der Waals surface area contributed by atoms with Crippen LogP contribution >= 0.6 is 0 Å². The van der Waals surface area contributed by atoms with Gasteiger partial charge in [-0.05, 0) is 53.3 Å². The molecule has 0 saturated carbocycles. The Morgan fingerprint density at radius 3 is 2.42 bits per heavy atom. The molecule has 2 N–H and O–H groups in total. The van der Waals surface area contributed by atoms with Crippen LogP contribution in [-0.4, -0.2) is 17.4 Å². The monoisotopic (exact) mass is 422 g/mol. The van der Waals surface area contributed by atoms with Gasteiger partial charge in [-0.3, -0.25) is 9.59 Å². The highest BCUT2D eigenvalue weighted by molar-refractivity contribution is 5.83. The Hall–Kier alpha value is -3.28. The molecule has 0 aromatic heterocycles. The van der Waals surface area contributed by atoms with E-state index >= 15 is 0 Å². The fraction of sp³-hybridized carbons (Fsp3) is 0.280. The summed E-state index contributed by atoms with van der Waals surface area (Å²) in [5.41, 5.74) is 1.00. The number of amides is 2. The molecule has 31 heavy (non-hydrogen) atoms. The van der Waals surface area contributed by atoms with Gasteiger partial charge < -0.3 is 10.6 Å². The van der Waals surface area contributed by atoms with Crippen LogP contribution < -0.4 is 10.6 Å². The van der Waals surface area contributed by atoms with Gasteiger partial charge in [0, 0.05) is 31.0 Å². The van der Waals surface area contributed by atoms with Crippen LogP contribution in [0.2, 0.25) is 0 Å². The highest BCUT2D eigenvalue weighted by Gasteiger charge is 2.37. The molecular formula is C25H24F2N2O2. The molecule has 6 heteroatoms. The molecule has 0 unspecified atom stereocenters. The van der Waals surface area contributed by atoms with E-state index in [0.29, 0.717) is 31.2 Å². The fourth-order valence-electron chi connectivity index (χ4n) is 4.28. The average Bonchev–Trinajstić information content (AvgIpc) is 3.10. The molecule has 4 rings (SSSR count). The molecule has 1 aliphatic rings. The van der Waals surface area contributed by atoms with E-state index in [1.54, 1.807) is 0 Å². The van der Waals surface area contributed by atoms with Crippen molar-refractivity contribution in [1.82, 2.24) is 10.6 Å².